The fourth-order valence-electron chi connectivity index (χ4n) is 1.96. The summed E-state index contributed by atoms with van der Waals surface area (Å²) in [5, 5.41) is 8.91. The highest BCUT2D eigenvalue weighted by Gasteiger charge is 2.15. The van der Waals surface area contributed by atoms with Gasteiger partial charge in [0.05, 0.1) is 12.8 Å². The number of carboxylic acid groups (broad SMARTS) is 1. The Balaban J connectivity index is 2.20. The summed E-state index contributed by atoms with van der Waals surface area (Å²) < 4.78 is 10.6. The minimum atomic E-state index is -1.03. The Labute approximate surface area is 135 Å². The number of rotatable bonds is 6. The second-order valence-corrected chi connectivity index (χ2v) is 5.11. The van der Waals surface area contributed by atoms with E-state index in [1.807, 2.05) is 31.2 Å². The molecular formula is C18H19NO4. The van der Waals surface area contributed by atoms with E-state index in [1.165, 1.54) is 14.0 Å². The van der Waals surface area contributed by atoms with Crippen LogP contribution in [-0.2, 0) is 4.79 Å². The van der Waals surface area contributed by atoms with Crippen LogP contribution in [0.5, 0.6) is 11.5 Å². The molecule has 0 amide bonds. The first-order valence-electron chi connectivity index (χ1n) is 7.18. The summed E-state index contributed by atoms with van der Waals surface area (Å²) in [7, 11) is 1.51. The molecule has 0 aliphatic rings. The maximum Gasteiger partial charge on any atom is 0.344 e. The minimum Gasteiger partial charge on any atom is -0.493 e. The Morgan fingerprint density at radius 3 is 2.65 bits per heavy atom. The molecule has 2 aromatic carbocycles. The molecule has 2 rings (SSSR count). The number of aryl methyl sites for hydroxylation is 1. The number of ether oxygens (including phenoxy) is 2. The lowest BCUT2D eigenvalue weighted by Gasteiger charge is -2.14. The molecule has 120 valence electrons. The molecule has 0 aromatic heterocycles. The van der Waals surface area contributed by atoms with Crippen LogP contribution in [0.4, 0.5) is 5.69 Å². The summed E-state index contributed by atoms with van der Waals surface area (Å²) in [5.41, 5.74) is 2.84. The molecule has 0 spiro atoms. The van der Waals surface area contributed by atoms with Crippen LogP contribution < -0.4 is 9.47 Å². The lowest BCUT2D eigenvalue weighted by Crippen LogP contribution is -2.23. The average Bonchev–Trinajstić information content (AvgIpc) is 2.53. The van der Waals surface area contributed by atoms with E-state index >= 15 is 0 Å². The van der Waals surface area contributed by atoms with Crippen LogP contribution in [0.25, 0.3) is 0 Å². The van der Waals surface area contributed by atoms with E-state index in [-0.39, 0.29) is 0 Å². The zero-order valence-electron chi connectivity index (χ0n) is 13.3. The first-order chi connectivity index (χ1) is 11.0. The highest BCUT2D eigenvalue weighted by Crippen LogP contribution is 2.28. The van der Waals surface area contributed by atoms with Gasteiger partial charge >= 0.3 is 5.97 Å². The van der Waals surface area contributed by atoms with Crippen LogP contribution in [0, 0.1) is 6.92 Å². The van der Waals surface area contributed by atoms with Gasteiger partial charge in [0, 0.05) is 6.21 Å². The van der Waals surface area contributed by atoms with Crippen LogP contribution in [0.3, 0.4) is 0 Å². The van der Waals surface area contributed by atoms with Gasteiger partial charge in [0.15, 0.2) is 17.6 Å². The van der Waals surface area contributed by atoms with E-state index in [1.54, 1.807) is 24.4 Å². The van der Waals surface area contributed by atoms with Gasteiger partial charge < -0.3 is 14.6 Å². The summed E-state index contributed by atoms with van der Waals surface area (Å²) in [6.45, 7) is 3.48. The maximum atomic E-state index is 10.9. The summed E-state index contributed by atoms with van der Waals surface area (Å²) in [6.07, 6.45) is 0.775. The van der Waals surface area contributed by atoms with Crippen molar-refractivity contribution in [1.29, 1.82) is 0 Å². The fraction of sp³-hybridized carbons (Fsp3) is 0.222. The topological polar surface area (TPSA) is 68.1 Å². The Bertz CT molecular complexity index is 725. The van der Waals surface area contributed by atoms with Gasteiger partial charge in [0.2, 0.25) is 0 Å². The van der Waals surface area contributed by atoms with Crippen molar-refractivity contribution in [2.75, 3.05) is 7.11 Å². The van der Waals surface area contributed by atoms with Crippen molar-refractivity contribution in [3.63, 3.8) is 0 Å². The smallest absolute Gasteiger partial charge is 0.344 e. The Kier molecular flexibility index (Phi) is 5.36. The second-order valence-electron chi connectivity index (χ2n) is 5.11. The largest absolute Gasteiger partial charge is 0.493 e. The summed E-state index contributed by atoms with van der Waals surface area (Å²) >= 11 is 0. The minimum absolute atomic E-state index is 0.384. The van der Waals surface area contributed by atoms with Crippen LogP contribution in [0.15, 0.2) is 47.5 Å². The summed E-state index contributed by atoms with van der Waals surface area (Å²) in [4.78, 5) is 15.3. The molecule has 5 heteroatoms. The van der Waals surface area contributed by atoms with Gasteiger partial charge in [-0.2, -0.15) is 0 Å². The van der Waals surface area contributed by atoms with Crippen LogP contribution in [0.2, 0.25) is 0 Å². The van der Waals surface area contributed by atoms with Gasteiger partial charge in [0.1, 0.15) is 0 Å². The summed E-state index contributed by atoms with van der Waals surface area (Å²) in [6, 6.07) is 13.1. The molecule has 23 heavy (non-hydrogen) atoms. The number of aliphatic imine (C=N–C) groups is 1. The standard InChI is InChI=1S/C18H19NO4/c1-12-5-4-6-15(9-12)19-11-14-7-8-16(17(10-14)22-3)23-13(2)18(20)21/h4-11,13H,1-3H3,(H,20,21)/t13-/m0/s1. The number of carbonyl (C=O) groups is 1. The first kappa shape index (κ1) is 16.5. The predicted molar refractivity (Wildman–Crippen MR) is 89.2 cm³/mol. The molecule has 1 N–H and O–H groups in total. The molecule has 0 fully saturated rings. The SMILES string of the molecule is COc1cc(C=Nc2cccc(C)c2)ccc1O[C@@H](C)C(=O)O. The molecule has 0 aliphatic carbocycles. The van der Waals surface area contributed by atoms with E-state index in [0.717, 1.165) is 16.8 Å². The lowest BCUT2D eigenvalue weighted by molar-refractivity contribution is -0.144. The third kappa shape index (κ3) is 4.57. The molecule has 0 radical (unpaired) electrons. The van der Waals surface area contributed by atoms with Crippen molar-refractivity contribution in [2.24, 2.45) is 4.99 Å². The average molecular weight is 313 g/mol. The number of aliphatic carboxylic acids is 1. The Morgan fingerprint density at radius 1 is 1.22 bits per heavy atom. The molecule has 2 aromatic rings. The lowest BCUT2D eigenvalue weighted by atomic mass is 10.2. The third-order valence-corrected chi connectivity index (χ3v) is 3.20. The molecule has 0 aliphatic heterocycles. The van der Waals surface area contributed by atoms with E-state index in [0.29, 0.717) is 11.5 Å². The van der Waals surface area contributed by atoms with E-state index in [2.05, 4.69) is 4.99 Å². The molecule has 0 saturated heterocycles. The molecular weight excluding hydrogens is 294 g/mol. The number of methoxy groups -OCH3 is 1. The van der Waals surface area contributed by atoms with E-state index < -0.39 is 12.1 Å². The van der Waals surface area contributed by atoms with Gasteiger partial charge in [-0.05, 0) is 55.3 Å². The monoisotopic (exact) mass is 313 g/mol. The highest BCUT2D eigenvalue weighted by molar-refractivity contribution is 5.83. The molecule has 5 nitrogen and oxygen atoms in total. The quantitative estimate of drug-likeness (QED) is 0.827. The molecule has 0 saturated carbocycles. The maximum absolute atomic E-state index is 10.9. The van der Waals surface area contributed by atoms with Crippen molar-refractivity contribution in [3.05, 3.63) is 53.6 Å². The normalized spacial score (nSPS) is 12.1. The molecule has 0 bridgehead atoms. The molecule has 0 heterocycles. The number of nitrogens with zero attached hydrogens (tertiary/aromatic N) is 1. The number of carboxylic acids is 1. The van der Waals surface area contributed by atoms with Gasteiger partial charge in [0.25, 0.3) is 0 Å². The number of hydrogen-bond donors (Lipinski definition) is 1. The fourth-order valence-corrected chi connectivity index (χ4v) is 1.96. The van der Waals surface area contributed by atoms with Gasteiger partial charge in [-0.25, -0.2) is 4.79 Å². The second kappa shape index (κ2) is 7.45. The molecule has 0 unspecified atom stereocenters. The van der Waals surface area contributed by atoms with Crippen LogP contribution in [-0.4, -0.2) is 30.5 Å². The van der Waals surface area contributed by atoms with Crippen molar-refractivity contribution < 1.29 is 19.4 Å². The Morgan fingerprint density at radius 2 is 2.00 bits per heavy atom. The van der Waals surface area contributed by atoms with Crippen molar-refractivity contribution in [3.8, 4) is 11.5 Å². The van der Waals surface area contributed by atoms with Crippen LogP contribution >= 0.6 is 0 Å². The van der Waals surface area contributed by atoms with E-state index in [4.69, 9.17) is 14.6 Å². The molecule has 1 atom stereocenters. The predicted octanol–water partition coefficient (Wildman–Crippen LogP) is 3.61. The van der Waals surface area contributed by atoms with Crippen molar-refractivity contribution in [1.82, 2.24) is 0 Å². The van der Waals surface area contributed by atoms with E-state index in [9.17, 15) is 4.79 Å². The zero-order chi connectivity index (χ0) is 16.8. The summed E-state index contributed by atoms with van der Waals surface area (Å²) in [5.74, 6) is -0.182. The van der Waals surface area contributed by atoms with Crippen molar-refractivity contribution in [2.45, 2.75) is 20.0 Å². The highest BCUT2D eigenvalue weighted by atomic mass is 16.5. The zero-order valence-corrected chi connectivity index (χ0v) is 13.3. The third-order valence-electron chi connectivity index (χ3n) is 3.20. The van der Waals surface area contributed by atoms with Gasteiger partial charge in [-0.3, -0.25) is 4.99 Å². The van der Waals surface area contributed by atoms with Crippen LogP contribution in [0.1, 0.15) is 18.1 Å². The number of hydrogen-bond acceptors (Lipinski definition) is 4. The van der Waals surface area contributed by atoms with Gasteiger partial charge in [-0.1, -0.05) is 12.1 Å². The van der Waals surface area contributed by atoms with Gasteiger partial charge in [-0.15, -0.1) is 0 Å². The number of benzene rings is 2. The Hall–Kier alpha value is -2.82. The van der Waals surface area contributed by atoms with Crippen molar-refractivity contribution >= 4 is 17.9 Å². The first-order valence-corrected chi connectivity index (χ1v) is 7.18.